The molecule has 37 heavy (non-hydrogen) atoms. The zero-order valence-electron chi connectivity index (χ0n) is 20.8. The van der Waals surface area contributed by atoms with Crippen molar-refractivity contribution >= 4 is 71.9 Å². The molecule has 0 spiro atoms. The van der Waals surface area contributed by atoms with Crippen LogP contribution < -0.4 is 16.1 Å². The van der Waals surface area contributed by atoms with Gasteiger partial charge in [-0.1, -0.05) is 64.8 Å². The molecule has 0 unspecified atom stereocenters. The van der Waals surface area contributed by atoms with Crippen molar-refractivity contribution in [3.8, 4) is 0 Å². The van der Waals surface area contributed by atoms with Crippen LogP contribution in [0.1, 0.15) is 42.4 Å². The van der Waals surface area contributed by atoms with E-state index in [1.165, 1.54) is 4.68 Å². The van der Waals surface area contributed by atoms with Gasteiger partial charge in [0.25, 0.3) is 5.91 Å². The van der Waals surface area contributed by atoms with Crippen LogP contribution in [-0.4, -0.2) is 22.4 Å². The van der Waals surface area contributed by atoms with Gasteiger partial charge in [0.15, 0.2) is 0 Å². The normalized spacial score (nSPS) is 11.3. The van der Waals surface area contributed by atoms with Crippen LogP contribution in [0.4, 0.5) is 11.4 Å². The zero-order chi connectivity index (χ0) is 26.9. The Morgan fingerprint density at radius 3 is 2.08 bits per heavy atom. The first-order chi connectivity index (χ1) is 17.4. The minimum Gasteiger partial charge on any atom is -0.320 e. The molecule has 0 fully saturated rings. The third-order valence-electron chi connectivity index (χ3n) is 5.86. The number of aromatic nitrogens is 1. The molecule has 7 nitrogen and oxygen atoms in total. The number of halogens is 2. The Morgan fingerprint density at radius 1 is 0.784 bits per heavy atom. The fourth-order valence-corrected chi connectivity index (χ4v) is 4.68. The molecule has 3 N–H and O–H groups in total. The number of hydrogen-bond acceptors (Lipinski definition) is 3. The van der Waals surface area contributed by atoms with Gasteiger partial charge in [-0.15, -0.1) is 0 Å². The second-order valence-electron chi connectivity index (χ2n) is 9.70. The summed E-state index contributed by atoms with van der Waals surface area (Å²) in [5.41, 5.74) is 6.40. The second kappa shape index (κ2) is 10.5. The molecule has 0 radical (unpaired) electrons. The number of aryl methyl sites for hydroxylation is 1. The average Bonchev–Trinajstić information content (AvgIpc) is 3.17. The number of hydrogen-bond donors (Lipinski definition) is 3. The highest BCUT2D eigenvalue weighted by Crippen LogP contribution is 2.26. The number of amides is 3. The molecule has 190 valence electrons. The van der Waals surface area contributed by atoms with Crippen molar-refractivity contribution in [1.29, 1.82) is 0 Å². The quantitative estimate of drug-likeness (QED) is 0.220. The summed E-state index contributed by atoms with van der Waals surface area (Å²) in [4.78, 5) is 38.9. The lowest BCUT2D eigenvalue weighted by atomic mass is 9.87. The molecular formula is C28H26Br2N4O3. The van der Waals surface area contributed by atoms with E-state index in [2.05, 4.69) is 68.7 Å². The maximum Gasteiger partial charge on any atom is 0.328 e. The SMILES string of the molecule is Cc1cc(Br)ccc1NC(=O)c1cc2cc(Br)ccc2n1NC(=O)C(=O)Nc1ccc(C(C)(C)C)cc1. The van der Waals surface area contributed by atoms with Gasteiger partial charge in [0, 0.05) is 25.7 Å². The topological polar surface area (TPSA) is 92.2 Å². The minimum atomic E-state index is -0.908. The monoisotopic (exact) mass is 624 g/mol. The van der Waals surface area contributed by atoms with E-state index >= 15 is 0 Å². The summed E-state index contributed by atoms with van der Waals surface area (Å²) in [6.07, 6.45) is 0. The van der Waals surface area contributed by atoms with Crippen LogP contribution in [-0.2, 0) is 15.0 Å². The Hall–Kier alpha value is -3.43. The molecular weight excluding hydrogens is 600 g/mol. The molecule has 0 aliphatic rings. The van der Waals surface area contributed by atoms with E-state index in [0.717, 1.165) is 20.1 Å². The molecule has 0 aliphatic carbocycles. The molecule has 3 aromatic carbocycles. The Bertz CT molecular complexity index is 1520. The Balaban J connectivity index is 1.59. The van der Waals surface area contributed by atoms with Crippen LogP contribution in [0.25, 0.3) is 10.9 Å². The number of nitrogens with zero attached hydrogens (tertiary/aromatic N) is 1. The van der Waals surface area contributed by atoms with Gasteiger partial charge in [-0.05, 0) is 78.1 Å². The van der Waals surface area contributed by atoms with E-state index in [-0.39, 0.29) is 11.1 Å². The number of benzene rings is 3. The van der Waals surface area contributed by atoms with Crippen LogP contribution in [0.15, 0.2) is 75.7 Å². The first-order valence-corrected chi connectivity index (χ1v) is 13.1. The summed E-state index contributed by atoms with van der Waals surface area (Å²) in [7, 11) is 0. The van der Waals surface area contributed by atoms with E-state index in [9.17, 15) is 14.4 Å². The molecule has 1 heterocycles. The highest BCUT2D eigenvalue weighted by Gasteiger charge is 2.22. The van der Waals surface area contributed by atoms with Gasteiger partial charge in [0.2, 0.25) is 0 Å². The highest BCUT2D eigenvalue weighted by atomic mass is 79.9. The predicted octanol–water partition coefficient (Wildman–Crippen LogP) is 6.73. The van der Waals surface area contributed by atoms with Crippen LogP contribution in [0.5, 0.6) is 0 Å². The van der Waals surface area contributed by atoms with E-state index in [4.69, 9.17) is 0 Å². The standard InChI is InChI=1S/C28H26Br2N4O3/c1-16-13-19(29)7-11-22(16)32-25(35)24-15-17-14-20(30)8-12-23(17)34(24)33-27(37)26(36)31-21-9-5-18(6-10-21)28(2,3)4/h5-15H,1-4H3,(H,31,36)(H,32,35)(H,33,37). The van der Waals surface area contributed by atoms with Gasteiger partial charge in [-0.25, -0.2) is 4.68 Å². The maximum atomic E-state index is 13.3. The fourth-order valence-electron chi connectivity index (χ4n) is 3.82. The summed E-state index contributed by atoms with van der Waals surface area (Å²) in [5.74, 6) is -2.19. The van der Waals surface area contributed by atoms with Gasteiger partial charge < -0.3 is 10.6 Å². The molecule has 0 saturated carbocycles. The summed E-state index contributed by atoms with van der Waals surface area (Å²) < 4.78 is 3.04. The first-order valence-electron chi connectivity index (χ1n) is 11.5. The van der Waals surface area contributed by atoms with Crippen molar-refractivity contribution in [2.24, 2.45) is 0 Å². The van der Waals surface area contributed by atoms with Crippen molar-refractivity contribution in [1.82, 2.24) is 4.68 Å². The third-order valence-corrected chi connectivity index (χ3v) is 6.85. The molecule has 4 aromatic rings. The predicted molar refractivity (Wildman–Crippen MR) is 155 cm³/mol. The molecule has 3 amide bonds. The highest BCUT2D eigenvalue weighted by molar-refractivity contribution is 9.10. The van der Waals surface area contributed by atoms with Crippen molar-refractivity contribution in [2.45, 2.75) is 33.1 Å². The first kappa shape index (κ1) is 26.6. The molecule has 0 saturated heterocycles. The van der Waals surface area contributed by atoms with Gasteiger partial charge in [0.1, 0.15) is 5.69 Å². The second-order valence-corrected chi connectivity index (χ2v) is 11.5. The maximum absolute atomic E-state index is 13.3. The number of nitrogens with one attached hydrogen (secondary N) is 3. The molecule has 4 rings (SSSR count). The molecule has 0 aliphatic heterocycles. The third kappa shape index (κ3) is 6.11. The van der Waals surface area contributed by atoms with Crippen LogP contribution in [0.2, 0.25) is 0 Å². The average molecular weight is 626 g/mol. The van der Waals surface area contributed by atoms with E-state index < -0.39 is 17.7 Å². The molecule has 9 heteroatoms. The number of rotatable bonds is 4. The number of anilines is 2. The van der Waals surface area contributed by atoms with E-state index in [1.54, 1.807) is 36.4 Å². The number of fused-ring (bicyclic) bond motifs is 1. The van der Waals surface area contributed by atoms with Gasteiger partial charge in [-0.2, -0.15) is 0 Å². The summed E-state index contributed by atoms with van der Waals surface area (Å²) in [5, 5.41) is 6.21. The number of carbonyl (C=O) groups excluding carboxylic acids is 3. The van der Waals surface area contributed by atoms with Crippen LogP contribution in [0, 0.1) is 6.92 Å². The minimum absolute atomic E-state index is 0.0316. The van der Waals surface area contributed by atoms with Crippen molar-refractivity contribution in [3.63, 3.8) is 0 Å². The van der Waals surface area contributed by atoms with Gasteiger partial charge in [0.05, 0.1) is 5.52 Å². The molecule has 0 bridgehead atoms. The fraction of sp³-hybridized carbons (Fsp3) is 0.179. The molecule has 0 atom stereocenters. The lowest BCUT2D eigenvalue weighted by molar-refractivity contribution is -0.133. The Morgan fingerprint density at radius 2 is 1.43 bits per heavy atom. The van der Waals surface area contributed by atoms with Crippen molar-refractivity contribution in [2.75, 3.05) is 16.1 Å². The van der Waals surface area contributed by atoms with Crippen LogP contribution in [0.3, 0.4) is 0 Å². The van der Waals surface area contributed by atoms with Crippen molar-refractivity contribution in [3.05, 3.63) is 92.5 Å². The van der Waals surface area contributed by atoms with Crippen LogP contribution >= 0.6 is 31.9 Å². The summed E-state index contributed by atoms with van der Waals surface area (Å²) in [6, 6.07) is 19.9. The number of carbonyl (C=O) groups is 3. The van der Waals surface area contributed by atoms with Gasteiger partial charge >= 0.3 is 11.8 Å². The summed E-state index contributed by atoms with van der Waals surface area (Å²) >= 11 is 6.85. The van der Waals surface area contributed by atoms with Gasteiger partial charge in [-0.3, -0.25) is 19.8 Å². The smallest absolute Gasteiger partial charge is 0.320 e. The van der Waals surface area contributed by atoms with E-state index in [1.807, 2.05) is 37.3 Å². The zero-order valence-corrected chi connectivity index (χ0v) is 24.0. The largest absolute Gasteiger partial charge is 0.328 e. The Kier molecular flexibility index (Phi) is 7.57. The Labute approximate surface area is 231 Å². The molecule has 1 aromatic heterocycles. The van der Waals surface area contributed by atoms with E-state index in [0.29, 0.717) is 22.3 Å². The van der Waals surface area contributed by atoms with Crippen molar-refractivity contribution < 1.29 is 14.4 Å². The lowest BCUT2D eigenvalue weighted by Gasteiger charge is -2.19. The lowest BCUT2D eigenvalue weighted by Crippen LogP contribution is -2.36. The summed E-state index contributed by atoms with van der Waals surface area (Å²) in [6.45, 7) is 8.17.